The smallest absolute Gasteiger partial charge is 0.284 e. The van der Waals surface area contributed by atoms with E-state index in [9.17, 15) is 18.3 Å². The molecule has 0 spiro atoms. The van der Waals surface area contributed by atoms with Crippen LogP contribution in [-0.4, -0.2) is 24.6 Å². The third kappa shape index (κ3) is 5.68. The van der Waals surface area contributed by atoms with Gasteiger partial charge in [0, 0.05) is 11.1 Å². The maximum atomic E-state index is 12.6. The molecule has 1 fully saturated rings. The first-order valence-electron chi connectivity index (χ1n) is 10.6. The summed E-state index contributed by atoms with van der Waals surface area (Å²) in [5.74, 6) is -0.160. The molecule has 8 heteroatoms. The van der Waals surface area contributed by atoms with Gasteiger partial charge in [-0.3, -0.25) is 10.1 Å². The highest BCUT2D eigenvalue weighted by molar-refractivity contribution is 8.19. The quantitative estimate of drug-likeness (QED) is 0.578. The Balaban J connectivity index is 2.00. The van der Waals surface area contributed by atoms with Crippen molar-refractivity contribution < 1.29 is 18.3 Å². The average Bonchev–Trinajstić information content (AvgIpc) is 2.99. The first kappa shape index (κ1) is 25.1. The Morgan fingerprint density at radius 1 is 0.970 bits per heavy atom. The fraction of sp³-hybridized carbons (Fsp3) is 0.360. The van der Waals surface area contributed by atoms with Crippen LogP contribution >= 0.6 is 11.8 Å². The van der Waals surface area contributed by atoms with Gasteiger partial charge < -0.3 is 5.11 Å². The van der Waals surface area contributed by atoms with Gasteiger partial charge >= 0.3 is 0 Å². The lowest BCUT2D eigenvalue weighted by Crippen LogP contribution is -2.21. The van der Waals surface area contributed by atoms with Gasteiger partial charge in [0.25, 0.3) is 15.9 Å². The van der Waals surface area contributed by atoms with Gasteiger partial charge in [0.1, 0.15) is 5.75 Å². The van der Waals surface area contributed by atoms with Crippen LogP contribution in [0.4, 0.5) is 0 Å². The van der Waals surface area contributed by atoms with Gasteiger partial charge in [-0.2, -0.15) is 8.42 Å². The molecule has 0 unspecified atom stereocenters. The molecule has 33 heavy (non-hydrogen) atoms. The Kier molecular flexibility index (Phi) is 6.56. The van der Waals surface area contributed by atoms with E-state index in [1.807, 2.05) is 60.6 Å². The molecular weight excluding hydrogens is 456 g/mol. The second-order valence-corrected chi connectivity index (χ2v) is 12.8. The number of phenols is 1. The number of nitrogens with zero attached hydrogens (tertiary/aromatic N) is 1. The molecule has 2 aromatic rings. The summed E-state index contributed by atoms with van der Waals surface area (Å²) in [4.78, 5) is 13.0. The minimum atomic E-state index is -3.95. The number of aromatic hydroxyl groups is 1. The number of hydrogen-bond acceptors (Lipinski definition) is 5. The van der Waals surface area contributed by atoms with Gasteiger partial charge in [0.15, 0.2) is 5.17 Å². The first-order valence-corrected chi connectivity index (χ1v) is 12.8. The van der Waals surface area contributed by atoms with Crippen molar-refractivity contribution in [3.63, 3.8) is 0 Å². The van der Waals surface area contributed by atoms with Crippen molar-refractivity contribution in [3.05, 3.63) is 63.6 Å². The number of aryl methyl sites for hydroxylation is 1. The van der Waals surface area contributed by atoms with Crippen LogP contribution in [0.5, 0.6) is 5.75 Å². The van der Waals surface area contributed by atoms with Crippen LogP contribution in [0.1, 0.15) is 63.8 Å². The molecule has 1 aliphatic rings. The summed E-state index contributed by atoms with van der Waals surface area (Å²) in [5, 5.41) is 13.5. The number of amides is 1. The minimum Gasteiger partial charge on any atom is -0.507 e. The number of phenolic OH excluding ortho intramolecular Hbond substituents is 1. The molecule has 1 amide bonds. The summed E-state index contributed by atoms with van der Waals surface area (Å²) in [6.07, 6.45) is 1.70. The summed E-state index contributed by atoms with van der Waals surface area (Å²) < 4.78 is 29.1. The maximum Gasteiger partial charge on any atom is 0.284 e. The number of carbonyl (C=O) groups excluding carboxylic acids is 1. The third-order valence-corrected chi connectivity index (χ3v) is 7.54. The lowest BCUT2D eigenvalue weighted by molar-refractivity contribution is -0.115. The van der Waals surface area contributed by atoms with E-state index in [0.717, 1.165) is 34.0 Å². The van der Waals surface area contributed by atoms with Crippen molar-refractivity contribution in [1.82, 2.24) is 5.32 Å². The number of carbonyl (C=O) groups is 1. The zero-order valence-electron chi connectivity index (χ0n) is 20.0. The second kappa shape index (κ2) is 8.65. The zero-order chi connectivity index (χ0) is 24.8. The van der Waals surface area contributed by atoms with Crippen LogP contribution in [0.2, 0.25) is 0 Å². The number of sulfonamides is 1. The van der Waals surface area contributed by atoms with Crippen LogP contribution in [0.25, 0.3) is 6.08 Å². The molecule has 0 radical (unpaired) electrons. The van der Waals surface area contributed by atoms with Crippen molar-refractivity contribution in [2.24, 2.45) is 4.40 Å². The molecule has 0 aromatic heterocycles. The predicted octanol–water partition coefficient (Wildman–Crippen LogP) is 5.24. The van der Waals surface area contributed by atoms with Crippen molar-refractivity contribution in [3.8, 4) is 5.75 Å². The van der Waals surface area contributed by atoms with Crippen molar-refractivity contribution in [2.75, 3.05) is 0 Å². The Labute approximate surface area is 200 Å². The fourth-order valence-electron chi connectivity index (χ4n) is 3.38. The zero-order valence-corrected chi connectivity index (χ0v) is 21.6. The number of rotatable bonds is 3. The van der Waals surface area contributed by atoms with Gasteiger partial charge in [0.05, 0.1) is 9.80 Å². The second-order valence-electron chi connectivity index (χ2n) is 10.2. The Hall–Kier alpha value is -2.58. The molecular formula is C25H30N2O4S2. The summed E-state index contributed by atoms with van der Waals surface area (Å²) in [6, 6.07) is 10.1. The molecule has 3 rings (SSSR count). The summed E-state index contributed by atoms with van der Waals surface area (Å²) >= 11 is 0.978. The Bertz CT molecular complexity index is 1230. The van der Waals surface area contributed by atoms with E-state index in [4.69, 9.17) is 0 Å². The third-order valence-electron chi connectivity index (χ3n) is 5.22. The standard InChI is InChI=1S/C25H30N2O4S2/c1-15-8-10-17(11-9-15)33(30,31)27-23-26-22(29)20(32-23)14-16-12-18(24(2,3)4)21(28)19(13-16)25(5,6)7/h8-14,28H,1-7H3,(H,26,27,29). The lowest BCUT2D eigenvalue weighted by Gasteiger charge is -2.28. The molecule has 0 aliphatic carbocycles. The monoisotopic (exact) mass is 486 g/mol. The summed E-state index contributed by atoms with van der Waals surface area (Å²) in [6.45, 7) is 14.0. The highest BCUT2D eigenvalue weighted by Gasteiger charge is 2.29. The van der Waals surface area contributed by atoms with E-state index in [2.05, 4.69) is 9.71 Å². The van der Waals surface area contributed by atoms with Gasteiger partial charge in [-0.05, 0) is 65.4 Å². The first-order chi connectivity index (χ1) is 15.1. The van der Waals surface area contributed by atoms with Crippen LogP contribution in [0.15, 0.2) is 50.6 Å². The molecule has 1 saturated heterocycles. The largest absolute Gasteiger partial charge is 0.507 e. The number of benzene rings is 2. The van der Waals surface area contributed by atoms with Gasteiger partial charge in [0.2, 0.25) is 0 Å². The van der Waals surface area contributed by atoms with Crippen molar-refractivity contribution >= 4 is 38.9 Å². The van der Waals surface area contributed by atoms with Crippen LogP contribution in [-0.2, 0) is 25.6 Å². The van der Waals surface area contributed by atoms with Gasteiger partial charge in [-0.25, -0.2) is 0 Å². The van der Waals surface area contributed by atoms with Gasteiger partial charge in [-0.1, -0.05) is 59.2 Å². The minimum absolute atomic E-state index is 0.0118. The van der Waals surface area contributed by atoms with E-state index in [0.29, 0.717) is 4.91 Å². The SMILES string of the molecule is Cc1ccc(S(=O)(=O)/N=C2/NC(=O)C(=Cc3cc(C(C)(C)C)c(O)c(C(C)(C)C)c3)S2)cc1. The van der Waals surface area contributed by atoms with Gasteiger partial charge in [-0.15, -0.1) is 4.40 Å². The molecule has 0 saturated carbocycles. The molecule has 176 valence electrons. The van der Waals surface area contributed by atoms with E-state index in [-0.39, 0.29) is 26.6 Å². The number of nitrogens with one attached hydrogen (secondary N) is 1. The van der Waals surface area contributed by atoms with E-state index in [1.54, 1.807) is 18.2 Å². The molecule has 0 atom stereocenters. The summed E-state index contributed by atoms with van der Waals surface area (Å²) in [7, 11) is -3.95. The Morgan fingerprint density at radius 3 is 1.97 bits per heavy atom. The normalized spacial score (nSPS) is 17.6. The summed E-state index contributed by atoms with van der Waals surface area (Å²) in [5.41, 5.74) is 2.63. The Morgan fingerprint density at radius 2 is 1.48 bits per heavy atom. The molecule has 1 heterocycles. The van der Waals surface area contributed by atoms with E-state index in [1.165, 1.54) is 12.1 Å². The highest BCUT2D eigenvalue weighted by Crippen LogP contribution is 2.40. The van der Waals surface area contributed by atoms with Crippen LogP contribution < -0.4 is 5.32 Å². The fourth-order valence-corrected chi connectivity index (χ4v) is 5.36. The average molecular weight is 487 g/mol. The lowest BCUT2D eigenvalue weighted by atomic mass is 9.78. The van der Waals surface area contributed by atoms with Crippen molar-refractivity contribution in [1.29, 1.82) is 0 Å². The predicted molar refractivity (Wildman–Crippen MR) is 135 cm³/mol. The molecule has 2 N–H and O–H groups in total. The number of thioether (sulfide) groups is 1. The molecule has 2 aromatic carbocycles. The van der Waals surface area contributed by atoms with Crippen molar-refractivity contribution in [2.45, 2.75) is 64.2 Å². The van der Waals surface area contributed by atoms with Crippen LogP contribution in [0.3, 0.4) is 0 Å². The van der Waals surface area contributed by atoms with E-state index < -0.39 is 15.9 Å². The molecule has 0 bridgehead atoms. The molecule has 1 aliphatic heterocycles. The van der Waals surface area contributed by atoms with Crippen LogP contribution in [0, 0.1) is 6.92 Å². The topological polar surface area (TPSA) is 95.8 Å². The number of hydrogen-bond donors (Lipinski definition) is 2. The highest BCUT2D eigenvalue weighted by atomic mass is 32.2. The van der Waals surface area contributed by atoms with E-state index >= 15 is 0 Å². The maximum absolute atomic E-state index is 12.6. The molecule has 6 nitrogen and oxygen atoms in total. The number of amidine groups is 1.